The number of ether oxygens (including phenoxy) is 3. The maximum atomic E-state index is 12.1. The average molecular weight is 416 g/mol. The lowest BCUT2D eigenvalue weighted by atomic mass is 10.1. The number of esters is 1. The number of hydrogen-bond acceptors (Lipinski definition) is 6. The van der Waals surface area contributed by atoms with Gasteiger partial charge in [0.25, 0.3) is 0 Å². The number of fused-ring (bicyclic) bond motifs is 1. The highest BCUT2D eigenvalue weighted by molar-refractivity contribution is 5.81. The van der Waals surface area contributed by atoms with Gasteiger partial charge in [0.1, 0.15) is 29.4 Å². The van der Waals surface area contributed by atoms with Gasteiger partial charge in [-0.2, -0.15) is 0 Å². The largest absolute Gasteiger partial charge is 0.489 e. The summed E-state index contributed by atoms with van der Waals surface area (Å²) in [6.45, 7) is 2.00. The van der Waals surface area contributed by atoms with Crippen molar-refractivity contribution in [3.63, 3.8) is 0 Å². The molecule has 0 aliphatic rings. The van der Waals surface area contributed by atoms with Crippen LogP contribution in [0.15, 0.2) is 88.1 Å². The minimum Gasteiger partial charge on any atom is -0.489 e. The first-order chi connectivity index (χ1) is 15.1. The van der Waals surface area contributed by atoms with Gasteiger partial charge in [-0.05, 0) is 54.4 Å². The quantitative estimate of drug-likeness (QED) is 0.248. The van der Waals surface area contributed by atoms with Crippen LogP contribution >= 0.6 is 0 Å². The maximum Gasteiger partial charge on any atom is 0.349 e. The lowest BCUT2D eigenvalue weighted by Gasteiger charge is -2.09. The van der Waals surface area contributed by atoms with Crippen molar-refractivity contribution in [3.05, 3.63) is 100 Å². The van der Waals surface area contributed by atoms with E-state index in [1.165, 1.54) is 6.07 Å². The third-order valence-electron chi connectivity index (χ3n) is 4.58. The number of aryl methyl sites for hydroxylation is 1. The molecule has 0 aliphatic carbocycles. The SMILES string of the molecule is Cc1cc(=O)oc2cc(OCC(=O)Oc3ccc(OCc4ccccc4)cc3)ccc12. The first kappa shape index (κ1) is 20.2. The summed E-state index contributed by atoms with van der Waals surface area (Å²) in [4.78, 5) is 23.6. The van der Waals surface area contributed by atoms with Crippen LogP contribution in [0.4, 0.5) is 0 Å². The van der Waals surface area contributed by atoms with Crippen molar-refractivity contribution < 1.29 is 23.4 Å². The van der Waals surface area contributed by atoms with E-state index in [0.29, 0.717) is 29.4 Å². The van der Waals surface area contributed by atoms with E-state index in [1.807, 2.05) is 37.3 Å². The van der Waals surface area contributed by atoms with E-state index >= 15 is 0 Å². The highest BCUT2D eigenvalue weighted by Gasteiger charge is 2.09. The highest BCUT2D eigenvalue weighted by Crippen LogP contribution is 2.23. The van der Waals surface area contributed by atoms with Crippen LogP contribution < -0.4 is 19.8 Å². The maximum absolute atomic E-state index is 12.1. The van der Waals surface area contributed by atoms with Crippen molar-refractivity contribution in [1.82, 2.24) is 0 Å². The molecule has 0 saturated carbocycles. The minimum atomic E-state index is -0.552. The first-order valence-corrected chi connectivity index (χ1v) is 9.71. The molecule has 1 heterocycles. The Morgan fingerprint density at radius 1 is 0.839 bits per heavy atom. The van der Waals surface area contributed by atoms with Crippen LogP contribution in [0.2, 0.25) is 0 Å². The molecule has 0 unspecified atom stereocenters. The van der Waals surface area contributed by atoms with Crippen molar-refractivity contribution in [2.45, 2.75) is 13.5 Å². The monoisotopic (exact) mass is 416 g/mol. The summed E-state index contributed by atoms with van der Waals surface area (Å²) in [5, 5.41) is 0.809. The molecule has 0 N–H and O–H groups in total. The lowest BCUT2D eigenvalue weighted by molar-refractivity contribution is -0.136. The Labute approximate surface area is 178 Å². The van der Waals surface area contributed by atoms with Gasteiger partial charge in [-0.25, -0.2) is 9.59 Å². The van der Waals surface area contributed by atoms with Crippen LogP contribution in [-0.4, -0.2) is 12.6 Å². The predicted molar refractivity (Wildman–Crippen MR) is 116 cm³/mol. The number of benzene rings is 3. The Balaban J connectivity index is 1.30. The lowest BCUT2D eigenvalue weighted by Crippen LogP contribution is -2.17. The van der Waals surface area contributed by atoms with Gasteiger partial charge in [0, 0.05) is 17.5 Å². The van der Waals surface area contributed by atoms with E-state index in [4.69, 9.17) is 18.6 Å². The van der Waals surface area contributed by atoms with Crippen molar-refractivity contribution in [3.8, 4) is 17.2 Å². The number of carbonyl (C=O) groups excluding carboxylic acids is 1. The minimum absolute atomic E-state index is 0.284. The molecule has 4 rings (SSSR count). The number of hydrogen-bond donors (Lipinski definition) is 0. The third-order valence-corrected chi connectivity index (χ3v) is 4.58. The molecule has 1 aromatic heterocycles. The zero-order valence-electron chi connectivity index (χ0n) is 16.9. The Morgan fingerprint density at radius 2 is 1.55 bits per heavy atom. The van der Waals surface area contributed by atoms with E-state index < -0.39 is 11.6 Å². The Bertz CT molecular complexity index is 1240. The van der Waals surface area contributed by atoms with E-state index in [0.717, 1.165) is 16.5 Å². The fourth-order valence-electron chi connectivity index (χ4n) is 3.04. The second-order valence-corrected chi connectivity index (χ2v) is 6.91. The second kappa shape index (κ2) is 9.17. The summed E-state index contributed by atoms with van der Waals surface area (Å²) in [5.41, 5.74) is 1.85. The summed E-state index contributed by atoms with van der Waals surface area (Å²) in [6.07, 6.45) is 0. The van der Waals surface area contributed by atoms with Gasteiger partial charge in [-0.3, -0.25) is 0 Å². The van der Waals surface area contributed by atoms with Crippen molar-refractivity contribution in [1.29, 1.82) is 0 Å². The summed E-state index contributed by atoms with van der Waals surface area (Å²) in [6, 6.07) is 23.1. The number of rotatable bonds is 7. The molecule has 156 valence electrons. The molecular formula is C25H20O6. The first-order valence-electron chi connectivity index (χ1n) is 9.71. The van der Waals surface area contributed by atoms with Gasteiger partial charge in [0.05, 0.1) is 0 Å². The fourth-order valence-corrected chi connectivity index (χ4v) is 3.04. The molecule has 0 atom stereocenters. The number of carbonyl (C=O) groups is 1. The van der Waals surface area contributed by atoms with Crippen LogP contribution in [0.3, 0.4) is 0 Å². The third kappa shape index (κ3) is 5.30. The van der Waals surface area contributed by atoms with Gasteiger partial charge in [-0.15, -0.1) is 0 Å². The van der Waals surface area contributed by atoms with Crippen molar-refractivity contribution >= 4 is 16.9 Å². The zero-order valence-corrected chi connectivity index (χ0v) is 16.9. The molecule has 0 amide bonds. The molecule has 0 bridgehead atoms. The Hall–Kier alpha value is -4.06. The molecule has 0 fully saturated rings. The molecule has 31 heavy (non-hydrogen) atoms. The van der Waals surface area contributed by atoms with Gasteiger partial charge < -0.3 is 18.6 Å². The molecule has 4 aromatic rings. The molecule has 3 aromatic carbocycles. The normalized spacial score (nSPS) is 10.6. The Morgan fingerprint density at radius 3 is 2.32 bits per heavy atom. The molecule has 0 saturated heterocycles. The van der Waals surface area contributed by atoms with Crippen LogP contribution in [-0.2, 0) is 11.4 Å². The molecule has 0 aliphatic heterocycles. The van der Waals surface area contributed by atoms with E-state index in [2.05, 4.69) is 0 Å². The summed E-state index contributed by atoms with van der Waals surface area (Å²) >= 11 is 0. The van der Waals surface area contributed by atoms with Gasteiger partial charge in [0.2, 0.25) is 0 Å². The van der Waals surface area contributed by atoms with Crippen LogP contribution in [0.25, 0.3) is 11.0 Å². The van der Waals surface area contributed by atoms with E-state index in [9.17, 15) is 9.59 Å². The molecule has 0 radical (unpaired) electrons. The van der Waals surface area contributed by atoms with Crippen molar-refractivity contribution in [2.24, 2.45) is 0 Å². The molecule has 6 nitrogen and oxygen atoms in total. The highest BCUT2D eigenvalue weighted by atomic mass is 16.6. The van der Waals surface area contributed by atoms with Gasteiger partial charge >= 0.3 is 11.6 Å². The smallest absolute Gasteiger partial charge is 0.349 e. The summed E-state index contributed by atoms with van der Waals surface area (Å²) in [7, 11) is 0. The van der Waals surface area contributed by atoms with Gasteiger partial charge in [0.15, 0.2) is 6.61 Å². The fraction of sp³-hybridized carbons (Fsp3) is 0.120. The van der Waals surface area contributed by atoms with Gasteiger partial charge in [-0.1, -0.05) is 30.3 Å². The van der Waals surface area contributed by atoms with Crippen LogP contribution in [0.1, 0.15) is 11.1 Å². The second-order valence-electron chi connectivity index (χ2n) is 6.91. The topological polar surface area (TPSA) is 75.0 Å². The summed E-state index contributed by atoms with van der Waals surface area (Å²) in [5.74, 6) is 0.917. The van der Waals surface area contributed by atoms with E-state index in [-0.39, 0.29) is 6.61 Å². The van der Waals surface area contributed by atoms with Crippen molar-refractivity contribution in [2.75, 3.05) is 6.61 Å². The van der Waals surface area contributed by atoms with Crippen LogP contribution in [0.5, 0.6) is 17.2 Å². The Kier molecular flexibility index (Phi) is 5.98. The van der Waals surface area contributed by atoms with E-state index in [1.54, 1.807) is 42.5 Å². The zero-order chi connectivity index (χ0) is 21.6. The molecule has 0 spiro atoms. The average Bonchev–Trinajstić information content (AvgIpc) is 2.77. The molecular weight excluding hydrogens is 396 g/mol. The molecule has 6 heteroatoms. The predicted octanol–water partition coefficient (Wildman–Crippen LogP) is 4.66. The standard InChI is InChI=1S/C25H20O6/c1-17-13-24(26)31-23-14-21(11-12-22(17)23)29-16-25(27)30-20-9-7-19(8-10-20)28-15-18-5-3-2-4-6-18/h2-14H,15-16H2,1H3. The van der Waals surface area contributed by atoms with Crippen LogP contribution in [0, 0.1) is 6.92 Å². The summed E-state index contributed by atoms with van der Waals surface area (Å²) < 4.78 is 21.7.